The number of hydrogen-bond acceptors (Lipinski definition) is 1. The normalized spacial score (nSPS) is 8.92. The lowest BCUT2D eigenvalue weighted by Crippen LogP contribution is -1.93. The van der Waals surface area contributed by atoms with Gasteiger partial charge in [-0.2, -0.15) is 0 Å². The third-order valence-electron chi connectivity index (χ3n) is 1.25. The summed E-state index contributed by atoms with van der Waals surface area (Å²) in [5, 5.41) is 1.22. The molecule has 3 heteroatoms. The molecular formula is C9H7Cl2N. The van der Waals surface area contributed by atoms with Crippen molar-refractivity contribution in [3.05, 3.63) is 33.8 Å². The van der Waals surface area contributed by atoms with Crippen molar-refractivity contribution in [3.63, 3.8) is 0 Å². The van der Waals surface area contributed by atoms with Crippen molar-refractivity contribution in [2.75, 3.05) is 6.54 Å². The fourth-order valence-corrected chi connectivity index (χ4v) is 1.08. The fraction of sp³-hybridized carbons (Fsp3) is 0.111. The summed E-state index contributed by atoms with van der Waals surface area (Å²) < 4.78 is 0. The lowest BCUT2D eigenvalue weighted by Gasteiger charge is -1.95. The molecule has 0 atom stereocenters. The van der Waals surface area contributed by atoms with Crippen LogP contribution in [-0.2, 0) is 0 Å². The fourth-order valence-electron chi connectivity index (χ4n) is 0.740. The van der Waals surface area contributed by atoms with Gasteiger partial charge in [0.25, 0.3) is 0 Å². The van der Waals surface area contributed by atoms with Gasteiger partial charge >= 0.3 is 0 Å². The maximum Gasteiger partial charge on any atom is 0.0563 e. The average molecular weight is 200 g/mol. The Hall–Kier alpha value is -0.680. The molecule has 0 radical (unpaired) electrons. The third kappa shape index (κ3) is 2.42. The zero-order valence-corrected chi connectivity index (χ0v) is 7.78. The predicted octanol–water partition coefficient (Wildman–Crippen LogP) is 2.30. The van der Waals surface area contributed by atoms with Crippen LogP contribution in [0.1, 0.15) is 5.56 Å². The van der Waals surface area contributed by atoms with Crippen molar-refractivity contribution in [3.8, 4) is 11.8 Å². The SMILES string of the molecule is NCC#Cc1cc(Cl)ccc1Cl. The van der Waals surface area contributed by atoms with Crippen molar-refractivity contribution >= 4 is 23.2 Å². The minimum absolute atomic E-state index is 0.322. The van der Waals surface area contributed by atoms with Crippen molar-refractivity contribution in [1.82, 2.24) is 0 Å². The zero-order valence-electron chi connectivity index (χ0n) is 6.27. The Morgan fingerprint density at radius 3 is 2.75 bits per heavy atom. The number of rotatable bonds is 0. The molecular weight excluding hydrogens is 193 g/mol. The highest BCUT2D eigenvalue weighted by Gasteiger charge is 1.96. The summed E-state index contributed by atoms with van der Waals surface area (Å²) in [5.41, 5.74) is 5.93. The second-order valence-electron chi connectivity index (χ2n) is 2.13. The molecule has 0 aliphatic heterocycles. The van der Waals surface area contributed by atoms with Gasteiger partial charge in [0.1, 0.15) is 0 Å². The monoisotopic (exact) mass is 199 g/mol. The maximum atomic E-state index is 5.83. The summed E-state index contributed by atoms with van der Waals surface area (Å²) in [6.45, 7) is 0.322. The van der Waals surface area contributed by atoms with Crippen LogP contribution in [0.15, 0.2) is 18.2 Å². The zero-order chi connectivity index (χ0) is 8.97. The van der Waals surface area contributed by atoms with E-state index >= 15 is 0 Å². The minimum atomic E-state index is 0.322. The van der Waals surface area contributed by atoms with Crippen molar-refractivity contribution in [2.24, 2.45) is 5.73 Å². The van der Waals surface area contributed by atoms with Crippen LogP contribution < -0.4 is 5.73 Å². The Bertz CT molecular complexity index is 336. The Kier molecular flexibility index (Phi) is 3.43. The second kappa shape index (κ2) is 4.37. The summed E-state index contributed by atoms with van der Waals surface area (Å²) in [5.74, 6) is 5.53. The van der Waals surface area contributed by atoms with Gasteiger partial charge in [-0.05, 0) is 18.2 Å². The van der Waals surface area contributed by atoms with Crippen molar-refractivity contribution in [1.29, 1.82) is 0 Å². The standard InChI is InChI=1S/C9H7Cl2N/c10-8-3-4-9(11)7(6-8)2-1-5-12/h3-4,6H,5,12H2. The summed E-state index contributed by atoms with van der Waals surface area (Å²) in [6.07, 6.45) is 0. The molecule has 0 fully saturated rings. The Labute approximate surface area is 81.5 Å². The molecule has 0 spiro atoms. The van der Waals surface area contributed by atoms with Crippen LogP contribution in [0, 0.1) is 11.8 Å². The molecule has 0 aliphatic carbocycles. The van der Waals surface area contributed by atoms with Gasteiger partial charge < -0.3 is 5.73 Å². The predicted molar refractivity (Wildman–Crippen MR) is 52.4 cm³/mol. The van der Waals surface area contributed by atoms with Gasteiger partial charge in [0.2, 0.25) is 0 Å². The first-order chi connectivity index (χ1) is 5.74. The molecule has 0 aliphatic rings. The Morgan fingerprint density at radius 2 is 2.08 bits per heavy atom. The molecule has 0 aromatic heterocycles. The molecule has 1 rings (SSSR count). The van der Waals surface area contributed by atoms with E-state index in [-0.39, 0.29) is 0 Å². The van der Waals surface area contributed by atoms with E-state index in [0.717, 1.165) is 5.56 Å². The molecule has 1 aromatic rings. The molecule has 1 nitrogen and oxygen atoms in total. The Morgan fingerprint density at radius 1 is 1.33 bits per heavy atom. The second-order valence-corrected chi connectivity index (χ2v) is 2.97. The van der Waals surface area contributed by atoms with Crippen LogP contribution in [0.4, 0.5) is 0 Å². The topological polar surface area (TPSA) is 26.0 Å². The first-order valence-corrected chi connectivity index (χ1v) is 4.13. The maximum absolute atomic E-state index is 5.83. The molecule has 0 unspecified atom stereocenters. The van der Waals surface area contributed by atoms with Gasteiger partial charge in [0.15, 0.2) is 0 Å². The quantitative estimate of drug-likeness (QED) is 0.639. The van der Waals surface area contributed by atoms with Crippen LogP contribution >= 0.6 is 23.2 Å². The van der Waals surface area contributed by atoms with Gasteiger partial charge in [-0.25, -0.2) is 0 Å². The highest BCUT2D eigenvalue weighted by atomic mass is 35.5. The number of nitrogens with two attached hydrogens (primary N) is 1. The van der Waals surface area contributed by atoms with Crippen LogP contribution in [0.25, 0.3) is 0 Å². The number of benzene rings is 1. The van der Waals surface area contributed by atoms with E-state index in [0.29, 0.717) is 16.6 Å². The van der Waals surface area contributed by atoms with Crippen LogP contribution in [0.5, 0.6) is 0 Å². The van der Waals surface area contributed by atoms with E-state index in [1.807, 2.05) is 0 Å². The van der Waals surface area contributed by atoms with Gasteiger partial charge in [0.05, 0.1) is 11.6 Å². The highest BCUT2D eigenvalue weighted by molar-refractivity contribution is 6.33. The highest BCUT2D eigenvalue weighted by Crippen LogP contribution is 2.19. The van der Waals surface area contributed by atoms with E-state index in [4.69, 9.17) is 28.9 Å². The third-order valence-corrected chi connectivity index (χ3v) is 1.82. The van der Waals surface area contributed by atoms with E-state index in [1.54, 1.807) is 18.2 Å². The molecule has 0 heterocycles. The minimum Gasteiger partial charge on any atom is -0.320 e. The Balaban J connectivity index is 3.05. The van der Waals surface area contributed by atoms with Crippen LogP contribution in [0.2, 0.25) is 10.0 Å². The van der Waals surface area contributed by atoms with E-state index < -0.39 is 0 Å². The molecule has 2 N–H and O–H groups in total. The van der Waals surface area contributed by atoms with Gasteiger partial charge in [-0.3, -0.25) is 0 Å². The average Bonchev–Trinajstić information content (AvgIpc) is 2.07. The molecule has 0 saturated heterocycles. The first-order valence-electron chi connectivity index (χ1n) is 3.38. The largest absolute Gasteiger partial charge is 0.320 e. The van der Waals surface area contributed by atoms with E-state index in [9.17, 15) is 0 Å². The molecule has 0 saturated carbocycles. The van der Waals surface area contributed by atoms with Crippen LogP contribution in [-0.4, -0.2) is 6.54 Å². The van der Waals surface area contributed by atoms with Gasteiger partial charge in [-0.1, -0.05) is 35.0 Å². The summed E-state index contributed by atoms with van der Waals surface area (Å²) in [6, 6.07) is 5.15. The number of hydrogen-bond donors (Lipinski definition) is 1. The molecule has 1 aromatic carbocycles. The summed E-state index contributed by atoms with van der Waals surface area (Å²) in [4.78, 5) is 0. The smallest absolute Gasteiger partial charge is 0.0563 e. The molecule has 0 amide bonds. The summed E-state index contributed by atoms with van der Waals surface area (Å²) >= 11 is 11.6. The van der Waals surface area contributed by atoms with E-state index in [2.05, 4.69) is 11.8 Å². The molecule has 12 heavy (non-hydrogen) atoms. The molecule has 62 valence electrons. The van der Waals surface area contributed by atoms with Gasteiger partial charge in [0, 0.05) is 10.6 Å². The lowest BCUT2D eigenvalue weighted by atomic mass is 10.2. The van der Waals surface area contributed by atoms with E-state index in [1.165, 1.54) is 0 Å². The lowest BCUT2D eigenvalue weighted by molar-refractivity contribution is 1.30. The van der Waals surface area contributed by atoms with Crippen LogP contribution in [0.3, 0.4) is 0 Å². The molecule has 0 bridgehead atoms. The van der Waals surface area contributed by atoms with Crippen molar-refractivity contribution in [2.45, 2.75) is 0 Å². The number of halogens is 2. The van der Waals surface area contributed by atoms with Crippen molar-refractivity contribution < 1.29 is 0 Å². The first kappa shape index (κ1) is 9.41. The summed E-state index contributed by atoms with van der Waals surface area (Å²) in [7, 11) is 0. The van der Waals surface area contributed by atoms with Gasteiger partial charge in [-0.15, -0.1) is 0 Å².